The highest BCUT2D eigenvalue weighted by atomic mass is 19.4. The zero-order valence-electron chi connectivity index (χ0n) is 11.2. The van der Waals surface area contributed by atoms with Crippen LogP contribution in [-0.2, 0) is 0 Å². The number of nitrogens with zero attached hydrogens (tertiary/aromatic N) is 1. The molecule has 5 heteroatoms. The Bertz CT molecular complexity index is 561. The molecular weight excluding hydrogens is 265 g/mol. The van der Waals surface area contributed by atoms with Gasteiger partial charge in [-0.1, -0.05) is 31.2 Å². The molecule has 0 aliphatic heterocycles. The highest BCUT2D eigenvalue weighted by Crippen LogP contribution is 2.30. The number of pyridine rings is 1. The molecule has 0 aliphatic carbocycles. The molecule has 1 aromatic heterocycles. The number of fused-ring (bicyclic) bond motifs is 1. The van der Waals surface area contributed by atoms with E-state index in [1.165, 1.54) is 0 Å². The maximum absolute atomic E-state index is 12.4. The van der Waals surface area contributed by atoms with E-state index in [1.807, 2.05) is 31.2 Å². The number of nitrogens with one attached hydrogen (secondary N) is 1. The molecule has 2 nitrogen and oxygen atoms in total. The Labute approximate surface area is 116 Å². The van der Waals surface area contributed by atoms with E-state index in [4.69, 9.17) is 0 Å². The predicted molar refractivity (Wildman–Crippen MR) is 73.4 cm³/mol. The van der Waals surface area contributed by atoms with Gasteiger partial charge in [0, 0.05) is 30.2 Å². The molecular formula is C15H17F3N2. The molecule has 0 saturated heterocycles. The normalized spacial score (nSPS) is 13.6. The lowest BCUT2D eigenvalue weighted by Gasteiger charge is -2.20. The summed E-state index contributed by atoms with van der Waals surface area (Å²) in [6.07, 6.45) is -1.52. The summed E-state index contributed by atoms with van der Waals surface area (Å²) in [5.74, 6) is 0. The van der Waals surface area contributed by atoms with Crippen LogP contribution < -0.4 is 5.32 Å². The number of hydrogen-bond acceptors (Lipinski definition) is 2. The fraction of sp³-hybridized carbons (Fsp3) is 0.400. The minimum absolute atomic E-state index is 0.0209. The second-order valence-corrected chi connectivity index (χ2v) is 4.71. The van der Waals surface area contributed by atoms with Gasteiger partial charge in [0.15, 0.2) is 0 Å². The van der Waals surface area contributed by atoms with Crippen LogP contribution in [0.15, 0.2) is 36.7 Å². The molecule has 0 aliphatic rings. The molecule has 0 bridgehead atoms. The first-order valence-corrected chi connectivity index (χ1v) is 6.64. The zero-order valence-corrected chi connectivity index (χ0v) is 11.2. The summed E-state index contributed by atoms with van der Waals surface area (Å²) < 4.78 is 37.3. The lowest BCUT2D eigenvalue weighted by Crippen LogP contribution is -2.23. The van der Waals surface area contributed by atoms with Crippen molar-refractivity contribution in [3.63, 3.8) is 0 Å². The molecule has 0 radical (unpaired) electrons. The lowest BCUT2D eigenvalue weighted by atomic mass is 9.98. The van der Waals surface area contributed by atoms with Crippen molar-refractivity contribution < 1.29 is 13.2 Å². The van der Waals surface area contributed by atoms with Crippen LogP contribution in [0.4, 0.5) is 13.2 Å². The molecule has 0 fully saturated rings. The Morgan fingerprint density at radius 3 is 2.65 bits per heavy atom. The van der Waals surface area contributed by atoms with Crippen molar-refractivity contribution in [2.45, 2.75) is 32.0 Å². The van der Waals surface area contributed by atoms with Crippen LogP contribution in [0.5, 0.6) is 0 Å². The number of hydrogen-bond donors (Lipinski definition) is 1. The van der Waals surface area contributed by atoms with Crippen molar-refractivity contribution in [2.75, 3.05) is 6.54 Å². The highest BCUT2D eigenvalue weighted by molar-refractivity contribution is 5.85. The second kappa shape index (κ2) is 6.22. The topological polar surface area (TPSA) is 24.9 Å². The number of rotatable bonds is 5. The molecule has 0 amide bonds. The fourth-order valence-electron chi connectivity index (χ4n) is 2.34. The van der Waals surface area contributed by atoms with Crippen molar-refractivity contribution >= 4 is 10.8 Å². The van der Waals surface area contributed by atoms with Gasteiger partial charge in [0.1, 0.15) is 0 Å². The molecule has 1 unspecified atom stereocenters. The predicted octanol–water partition coefficient (Wildman–Crippen LogP) is 4.23. The van der Waals surface area contributed by atoms with Crippen molar-refractivity contribution in [3.8, 4) is 0 Å². The maximum Gasteiger partial charge on any atom is 0.389 e. The monoisotopic (exact) mass is 282 g/mol. The molecule has 1 N–H and O–H groups in total. The molecule has 2 rings (SSSR count). The Balaban J connectivity index is 2.31. The minimum atomic E-state index is -4.13. The third-order valence-corrected chi connectivity index (χ3v) is 3.24. The SMILES string of the molecule is CCNC(CCC(F)(F)F)c1cncc2ccccc12. The van der Waals surface area contributed by atoms with Gasteiger partial charge in [-0.15, -0.1) is 0 Å². The Hall–Kier alpha value is -1.62. The van der Waals surface area contributed by atoms with Crippen LogP contribution in [0.1, 0.15) is 31.4 Å². The summed E-state index contributed by atoms with van der Waals surface area (Å²) in [6, 6.07) is 7.29. The number of alkyl halides is 3. The van der Waals surface area contributed by atoms with E-state index >= 15 is 0 Å². The quantitative estimate of drug-likeness (QED) is 0.887. The largest absolute Gasteiger partial charge is 0.389 e. The van der Waals surface area contributed by atoms with Gasteiger partial charge >= 0.3 is 6.18 Å². The number of aromatic nitrogens is 1. The first-order chi connectivity index (χ1) is 9.51. The van der Waals surface area contributed by atoms with Gasteiger partial charge in [0.2, 0.25) is 0 Å². The number of halogens is 3. The molecule has 1 atom stereocenters. The first-order valence-electron chi connectivity index (χ1n) is 6.64. The van der Waals surface area contributed by atoms with E-state index in [0.29, 0.717) is 6.54 Å². The third kappa shape index (κ3) is 3.70. The van der Waals surface area contributed by atoms with E-state index < -0.39 is 12.6 Å². The Morgan fingerprint density at radius 1 is 1.20 bits per heavy atom. The summed E-state index contributed by atoms with van der Waals surface area (Å²) in [5.41, 5.74) is 0.828. The van der Waals surface area contributed by atoms with Gasteiger partial charge in [-0.2, -0.15) is 13.2 Å². The van der Waals surface area contributed by atoms with E-state index in [-0.39, 0.29) is 12.5 Å². The molecule has 1 aromatic carbocycles. The van der Waals surface area contributed by atoms with E-state index in [9.17, 15) is 13.2 Å². The van der Waals surface area contributed by atoms with Crippen molar-refractivity contribution in [2.24, 2.45) is 0 Å². The van der Waals surface area contributed by atoms with Crippen LogP contribution in [0.3, 0.4) is 0 Å². The van der Waals surface area contributed by atoms with Gasteiger partial charge < -0.3 is 5.32 Å². The van der Waals surface area contributed by atoms with E-state index in [0.717, 1.165) is 16.3 Å². The van der Waals surface area contributed by atoms with Gasteiger partial charge in [0.25, 0.3) is 0 Å². The Morgan fingerprint density at radius 2 is 1.95 bits per heavy atom. The van der Waals surface area contributed by atoms with Crippen molar-refractivity contribution in [3.05, 3.63) is 42.2 Å². The van der Waals surface area contributed by atoms with Crippen LogP contribution in [0.2, 0.25) is 0 Å². The standard InChI is InChI=1S/C15H17F3N2/c1-2-20-14(7-8-15(16,17)18)13-10-19-9-11-5-3-4-6-12(11)13/h3-6,9-10,14,20H,2,7-8H2,1H3. The van der Waals surface area contributed by atoms with Crippen LogP contribution in [0.25, 0.3) is 10.8 Å². The van der Waals surface area contributed by atoms with Crippen LogP contribution >= 0.6 is 0 Å². The lowest BCUT2D eigenvalue weighted by molar-refractivity contribution is -0.136. The smallest absolute Gasteiger partial charge is 0.310 e. The van der Waals surface area contributed by atoms with Crippen molar-refractivity contribution in [1.82, 2.24) is 10.3 Å². The summed E-state index contributed by atoms with van der Waals surface area (Å²) in [5, 5.41) is 5.02. The summed E-state index contributed by atoms with van der Waals surface area (Å²) in [4.78, 5) is 4.14. The van der Waals surface area contributed by atoms with Crippen LogP contribution in [0, 0.1) is 0 Å². The second-order valence-electron chi connectivity index (χ2n) is 4.71. The molecule has 0 spiro atoms. The maximum atomic E-state index is 12.4. The van der Waals surface area contributed by atoms with Crippen molar-refractivity contribution in [1.29, 1.82) is 0 Å². The Kier molecular flexibility index (Phi) is 4.60. The van der Waals surface area contributed by atoms with Gasteiger partial charge in [-0.25, -0.2) is 0 Å². The van der Waals surface area contributed by atoms with Gasteiger partial charge in [0.05, 0.1) is 0 Å². The zero-order chi connectivity index (χ0) is 14.6. The number of benzene rings is 1. The molecule has 108 valence electrons. The van der Waals surface area contributed by atoms with Gasteiger partial charge in [-0.05, 0) is 23.9 Å². The highest BCUT2D eigenvalue weighted by Gasteiger charge is 2.29. The fourth-order valence-corrected chi connectivity index (χ4v) is 2.34. The summed E-state index contributed by atoms with van der Waals surface area (Å²) in [6.45, 7) is 2.50. The summed E-state index contributed by atoms with van der Waals surface area (Å²) >= 11 is 0. The average molecular weight is 282 g/mol. The summed E-state index contributed by atoms with van der Waals surface area (Å²) in [7, 11) is 0. The third-order valence-electron chi connectivity index (χ3n) is 3.24. The molecule has 0 saturated carbocycles. The average Bonchev–Trinajstić information content (AvgIpc) is 2.42. The van der Waals surface area contributed by atoms with E-state index in [2.05, 4.69) is 10.3 Å². The van der Waals surface area contributed by atoms with E-state index in [1.54, 1.807) is 12.4 Å². The van der Waals surface area contributed by atoms with Gasteiger partial charge in [-0.3, -0.25) is 4.98 Å². The minimum Gasteiger partial charge on any atom is -0.310 e. The van der Waals surface area contributed by atoms with Crippen LogP contribution in [-0.4, -0.2) is 17.7 Å². The molecule has 1 heterocycles. The first kappa shape index (κ1) is 14.8. The molecule has 20 heavy (non-hydrogen) atoms. The molecule has 2 aromatic rings.